The summed E-state index contributed by atoms with van der Waals surface area (Å²) in [4.78, 5) is 0. The zero-order chi connectivity index (χ0) is 17.8. The van der Waals surface area contributed by atoms with Crippen molar-refractivity contribution in [3.8, 4) is 11.4 Å². The summed E-state index contributed by atoms with van der Waals surface area (Å²) in [5, 5.41) is 9.44. The zero-order valence-electron chi connectivity index (χ0n) is 13.1. The van der Waals surface area contributed by atoms with Crippen molar-refractivity contribution in [2.24, 2.45) is 0 Å². The number of benzene rings is 2. The molecule has 0 atom stereocenters. The normalized spacial score (nSPS) is 10.8. The molecule has 0 N–H and O–H groups in total. The third-order valence-electron chi connectivity index (χ3n) is 3.55. The Morgan fingerprint density at radius 2 is 1.80 bits per heavy atom. The van der Waals surface area contributed by atoms with E-state index in [9.17, 15) is 8.78 Å². The Hall–Kier alpha value is -2.18. The molecule has 0 aliphatic carbocycles. The number of allylic oxidation sites excluding steroid dienone is 1. The molecule has 3 nitrogen and oxygen atoms in total. The van der Waals surface area contributed by atoms with E-state index in [1.165, 1.54) is 30.0 Å². The van der Waals surface area contributed by atoms with Gasteiger partial charge in [-0.2, -0.15) is 0 Å². The average Bonchev–Trinajstić information content (AvgIpc) is 2.98. The Labute approximate surface area is 153 Å². The van der Waals surface area contributed by atoms with Gasteiger partial charge >= 0.3 is 0 Å². The van der Waals surface area contributed by atoms with Gasteiger partial charge in [-0.1, -0.05) is 47.6 Å². The second-order valence-corrected chi connectivity index (χ2v) is 6.52. The Balaban J connectivity index is 1.92. The lowest BCUT2D eigenvalue weighted by Gasteiger charge is -2.09. The van der Waals surface area contributed by atoms with Crippen LogP contribution in [0.3, 0.4) is 0 Å². The predicted molar refractivity (Wildman–Crippen MR) is 96.6 cm³/mol. The van der Waals surface area contributed by atoms with E-state index in [1.807, 2.05) is 22.8 Å². The van der Waals surface area contributed by atoms with Crippen LogP contribution in [0.4, 0.5) is 8.78 Å². The van der Waals surface area contributed by atoms with Crippen molar-refractivity contribution in [3.63, 3.8) is 0 Å². The van der Waals surface area contributed by atoms with Gasteiger partial charge in [0.2, 0.25) is 0 Å². The summed E-state index contributed by atoms with van der Waals surface area (Å²) in [5.41, 5.74) is 0.752. The molecular weight excluding hydrogens is 364 g/mol. The van der Waals surface area contributed by atoms with Gasteiger partial charge in [0, 0.05) is 23.4 Å². The molecule has 0 amide bonds. The van der Waals surface area contributed by atoms with Crippen LogP contribution in [0.15, 0.2) is 60.3 Å². The second kappa shape index (κ2) is 7.80. The minimum absolute atomic E-state index is 0.0138. The Bertz CT molecular complexity index is 891. The third-order valence-corrected chi connectivity index (χ3v) is 4.87. The molecule has 3 aromatic rings. The summed E-state index contributed by atoms with van der Waals surface area (Å²) in [6.45, 7) is 4.20. The molecular formula is C18H14ClF2N3S. The van der Waals surface area contributed by atoms with E-state index in [0.29, 0.717) is 22.5 Å². The fraction of sp³-hybridized carbons (Fsp3) is 0.111. The van der Waals surface area contributed by atoms with Crippen molar-refractivity contribution >= 4 is 23.4 Å². The van der Waals surface area contributed by atoms with E-state index in [4.69, 9.17) is 11.6 Å². The van der Waals surface area contributed by atoms with E-state index in [2.05, 4.69) is 16.8 Å². The van der Waals surface area contributed by atoms with Crippen molar-refractivity contribution in [2.45, 2.75) is 17.5 Å². The van der Waals surface area contributed by atoms with Crippen LogP contribution in [-0.2, 0) is 12.3 Å². The number of nitrogens with zero attached hydrogens (tertiary/aromatic N) is 3. The molecule has 7 heteroatoms. The SMILES string of the molecule is C=CCn1c(SCc2c(F)cccc2F)nnc1-c1ccccc1Cl. The van der Waals surface area contributed by atoms with Crippen LogP contribution in [0, 0.1) is 11.6 Å². The van der Waals surface area contributed by atoms with Gasteiger partial charge in [0.15, 0.2) is 11.0 Å². The summed E-state index contributed by atoms with van der Waals surface area (Å²) in [7, 11) is 0. The molecule has 3 rings (SSSR count). The topological polar surface area (TPSA) is 30.7 Å². The molecule has 1 heterocycles. The van der Waals surface area contributed by atoms with Gasteiger partial charge in [-0.25, -0.2) is 8.78 Å². The summed E-state index contributed by atoms with van der Waals surface area (Å²) in [6.07, 6.45) is 1.71. The molecule has 0 spiro atoms. The molecule has 0 aliphatic rings. The number of hydrogen-bond acceptors (Lipinski definition) is 3. The highest BCUT2D eigenvalue weighted by atomic mass is 35.5. The lowest BCUT2D eigenvalue weighted by atomic mass is 10.2. The Kier molecular flexibility index (Phi) is 5.50. The van der Waals surface area contributed by atoms with Crippen molar-refractivity contribution in [1.82, 2.24) is 14.8 Å². The highest BCUT2D eigenvalue weighted by Gasteiger charge is 2.17. The van der Waals surface area contributed by atoms with Crippen LogP contribution in [0.1, 0.15) is 5.56 Å². The zero-order valence-corrected chi connectivity index (χ0v) is 14.7. The van der Waals surface area contributed by atoms with Crippen LogP contribution in [0.2, 0.25) is 5.02 Å². The summed E-state index contributed by atoms with van der Waals surface area (Å²) >= 11 is 7.45. The molecule has 0 aliphatic heterocycles. The molecule has 0 bridgehead atoms. The second-order valence-electron chi connectivity index (χ2n) is 5.17. The summed E-state index contributed by atoms with van der Waals surface area (Å²) in [6, 6.07) is 11.1. The fourth-order valence-corrected chi connectivity index (χ4v) is 3.52. The first-order valence-corrected chi connectivity index (χ1v) is 8.83. The monoisotopic (exact) mass is 377 g/mol. The molecule has 2 aromatic carbocycles. The molecule has 1 aromatic heterocycles. The quantitative estimate of drug-likeness (QED) is 0.428. The van der Waals surface area contributed by atoms with Gasteiger partial charge in [0.25, 0.3) is 0 Å². The van der Waals surface area contributed by atoms with Gasteiger partial charge in [-0.05, 0) is 24.3 Å². The van der Waals surface area contributed by atoms with Crippen molar-refractivity contribution < 1.29 is 8.78 Å². The van der Waals surface area contributed by atoms with Crippen LogP contribution < -0.4 is 0 Å². The highest BCUT2D eigenvalue weighted by Crippen LogP contribution is 2.31. The Morgan fingerprint density at radius 3 is 2.48 bits per heavy atom. The Morgan fingerprint density at radius 1 is 1.08 bits per heavy atom. The van der Waals surface area contributed by atoms with Gasteiger partial charge < -0.3 is 0 Å². The van der Waals surface area contributed by atoms with Gasteiger partial charge in [-0.15, -0.1) is 16.8 Å². The standard InChI is InChI=1S/C18H14ClF2N3S/c1-2-10-24-17(12-6-3-4-7-14(12)19)22-23-18(24)25-11-13-15(20)8-5-9-16(13)21/h2-9H,1,10-11H2. The molecule has 0 unspecified atom stereocenters. The van der Waals surface area contributed by atoms with E-state index in [0.717, 1.165) is 5.56 Å². The van der Waals surface area contributed by atoms with E-state index in [1.54, 1.807) is 12.1 Å². The van der Waals surface area contributed by atoms with Crippen molar-refractivity contribution in [2.75, 3.05) is 0 Å². The van der Waals surface area contributed by atoms with E-state index < -0.39 is 11.6 Å². The number of thioether (sulfide) groups is 1. The first-order valence-electron chi connectivity index (χ1n) is 7.46. The average molecular weight is 378 g/mol. The maximum absolute atomic E-state index is 13.8. The van der Waals surface area contributed by atoms with E-state index in [-0.39, 0.29) is 11.3 Å². The number of rotatable bonds is 6. The van der Waals surface area contributed by atoms with Gasteiger partial charge in [-0.3, -0.25) is 4.57 Å². The lowest BCUT2D eigenvalue weighted by Crippen LogP contribution is -2.01. The van der Waals surface area contributed by atoms with Crippen molar-refractivity contribution in [3.05, 3.63) is 77.3 Å². The minimum Gasteiger partial charge on any atom is -0.298 e. The summed E-state index contributed by atoms with van der Waals surface area (Å²) in [5.74, 6) is -0.458. The first kappa shape index (κ1) is 17.6. The lowest BCUT2D eigenvalue weighted by molar-refractivity contribution is 0.566. The molecule has 25 heavy (non-hydrogen) atoms. The van der Waals surface area contributed by atoms with Crippen LogP contribution >= 0.6 is 23.4 Å². The molecule has 0 saturated heterocycles. The largest absolute Gasteiger partial charge is 0.298 e. The van der Waals surface area contributed by atoms with Crippen LogP contribution in [0.25, 0.3) is 11.4 Å². The third kappa shape index (κ3) is 3.75. The minimum atomic E-state index is -0.575. The predicted octanol–water partition coefficient (Wildman–Crippen LogP) is 5.36. The van der Waals surface area contributed by atoms with Crippen LogP contribution in [0.5, 0.6) is 0 Å². The molecule has 0 radical (unpaired) electrons. The van der Waals surface area contributed by atoms with Gasteiger partial charge in [0.1, 0.15) is 11.6 Å². The number of halogens is 3. The molecule has 128 valence electrons. The fourth-order valence-electron chi connectivity index (χ4n) is 2.34. The molecule has 0 fully saturated rings. The van der Waals surface area contributed by atoms with Crippen LogP contribution in [-0.4, -0.2) is 14.8 Å². The smallest absolute Gasteiger partial charge is 0.192 e. The maximum atomic E-state index is 13.8. The maximum Gasteiger partial charge on any atom is 0.192 e. The van der Waals surface area contributed by atoms with Crippen molar-refractivity contribution in [1.29, 1.82) is 0 Å². The first-order chi connectivity index (χ1) is 12.1. The summed E-state index contributed by atoms with van der Waals surface area (Å²) < 4.78 is 29.4. The van der Waals surface area contributed by atoms with Gasteiger partial charge in [0.05, 0.1) is 5.02 Å². The highest BCUT2D eigenvalue weighted by molar-refractivity contribution is 7.98. The number of aromatic nitrogens is 3. The van der Waals surface area contributed by atoms with E-state index >= 15 is 0 Å². The molecule has 0 saturated carbocycles. The number of hydrogen-bond donors (Lipinski definition) is 0.